The number of ether oxygens (including phenoxy) is 1. The number of amides is 1. The van der Waals surface area contributed by atoms with E-state index >= 15 is 0 Å². The van der Waals surface area contributed by atoms with Crippen molar-refractivity contribution < 1.29 is 14.6 Å². The molecule has 3 rings (SSSR count). The zero-order chi connectivity index (χ0) is 19.4. The summed E-state index contributed by atoms with van der Waals surface area (Å²) in [7, 11) is 1.74. The van der Waals surface area contributed by atoms with Crippen molar-refractivity contribution in [2.24, 2.45) is 5.41 Å². The molecule has 2 heterocycles. The third kappa shape index (κ3) is 4.64. The number of rotatable bonds is 6. The minimum atomic E-state index is 0.0464. The maximum absolute atomic E-state index is 12.2. The van der Waals surface area contributed by atoms with Gasteiger partial charge in [0.1, 0.15) is 5.75 Å². The minimum absolute atomic E-state index is 0.0464. The van der Waals surface area contributed by atoms with Crippen LogP contribution < -0.4 is 4.74 Å². The van der Waals surface area contributed by atoms with Gasteiger partial charge in [-0.05, 0) is 43.4 Å². The van der Waals surface area contributed by atoms with Crippen LogP contribution in [0.2, 0.25) is 0 Å². The summed E-state index contributed by atoms with van der Waals surface area (Å²) in [6, 6.07) is 6.53. The van der Waals surface area contributed by atoms with Gasteiger partial charge in [0.25, 0.3) is 0 Å². The van der Waals surface area contributed by atoms with Crippen LogP contribution in [0.25, 0.3) is 0 Å². The van der Waals surface area contributed by atoms with E-state index in [1.165, 1.54) is 17.5 Å². The predicted octanol–water partition coefficient (Wildman–Crippen LogP) is 3.02. The van der Waals surface area contributed by atoms with Crippen LogP contribution in [-0.4, -0.2) is 60.7 Å². The number of carbonyl (C=O) groups is 1. The predicted molar refractivity (Wildman–Crippen MR) is 107 cm³/mol. The van der Waals surface area contributed by atoms with E-state index in [0.29, 0.717) is 18.9 Å². The van der Waals surface area contributed by atoms with Crippen molar-refractivity contribution in [2.75, 3.05) is 39.9 Å². The quantitative estimate of drug-likeness (QED) is 0.832. The molecule has 0 aliphatic carbocycles. The Morgan fingerprint density at radius 1 is 1.26 bits per heavy atom. The molecule has 0 bridgehead atoms. The Hall–Kier alpha value is -1.59. The minimum Gasteiger partial charge on any atom is -0.496 e. The summed E-state index contributed by atoms with van der Waals surface area (Å²) in [5.74, 6) is 1.65. The van der Waals surface area contributed by atoms with E-state index < -0.39 is 0 Å². The van der Waals surface area contributed by atoms with E-state index in [2.05, 4.69) is 36.9 Å². The zero-order valence-corrected chi connectivity index (χ0v) is 17.0. The van der Waals surface area contributed by atoms with E-state index in [9.17, 15) is 9.90 Å². The average molecular weight is 375 g/mol. The van der Waals surface area contributed by atoms with E-state index in [4.69, 9.17) is 4.74 Å². The molecule has 1 amide bonds. The summed E-state index contributed by atoms with van der Waals surface area (Å²) in [6.45, 7) is 8.72. The first-order valence-corrected chi connectivity index (χ1v) is 10.2. The van der Waals surface area contributed by atoms with Gasteiger partial charge < -0.3 is 14.7 Å². The summed E-state index contributed by atoms with van der Waals surface area (Å²) in [6.07, 6.45) is 3.91. The number of carbonyl (C=O) groups excluding carboxylic acids is 1. The maximum Gasteiger partial charge on any atom is 0.222 e. The monoisotopic (exact) mass is 374 g/mol. The van der Waals surface area contributed by atoms with Crippen molar-refractivity contribution in [2.45, 2.75) is 52.0 Å². The molecule has 5 heteroatoms. The van der Waals surface area contributed by atoms with Gasteiger partial charge in [0, 0.05) is 43.6 Å². The lowest BCUT2D eigenvalue weighted by Gasteiger charge is -2.48. The number of hydrogen-bond donors (Lipinski definition) is 1. The lowest BCUT2D eigenvalue weighted by Crippen LogP contribution is -2.54. The number of aliphatic hydroxyl groups is 1. The maximum atomic E-state index is 12.2. The van der Waals surface area contributed by atoms with Crippen molar-refractivity contribution in [1.82, 2.24) is 9.80 Å². The number of likely N-dealkylation sites (tertiary alicyclic amines) is 2. The average Bonchev–Trinajstić information content (AvgIpc) is 2.65. The first-order valence-electron chi connectivity index (χ1n) is 10.2. The topological polar surface area (TPSA) is 53.0 Å². The van der Waals surface area contributed by atoms with Gasteiger partial charge >= 0.3 is 0 Å². The van der Waals surface area contributed by atoms with Crippen LogP contribution in [0.5, 0.6) is 5.75 Å². The van der Waals surface area contributed by atoms with Crippen molar-refractivity contribution in [3.8, 4) is 5.75 Å². The molecule has 2 aliphatic rings. The van der Waals surface area contributed by atoms with E-state index in [0.717, 1.165) is 44.8 Å². The van der Waals surface area contributed by atoms with Gasteiger partial charge in [-0.1, -0.05) is 26.0 Å². The number of piperidine rings is 2. The molecule has 150 valence electrons. The fourth-order valence-corrected chi connectivity index (χ4v) is 4.73. The van der Waals surface area contributed by atoms with Gasteiger partial charge in [-0.15, -0.1) is 0 Å². The smallest absolute Gasteiger partial charge is 0.222 e. The third-order valence-corrected chi connectivity index (χ3v) is 6.22. The lowest BCUT2D eigenvalue weighted by molar-refractivity contribution is -0.140. The molecule has 27 heavy (non-hydrogen) atoms. The zero-order valence-electron chi connectivity index (χ0n) is 17.0. The number of methoxy groups -OCH3 is 1. The molecular weight excluding hydrogens is 340 g/mol. The molecule has 0 aromatic heterocycles. The Morgan fingerprint density at radius 3 is 2.78 bits per heavy atom. The molecule has 0 unspecified atom stereocenters. The molecule has 1 spiro atoms. The van der Waals surface area contributed by atoms with Gasteiger partial charge in [-0.3, -0.25) is 9.69 Å². The van der Waals surface area contributed by atoms with Gasteiger partial charge in [-0.2, -0.15) is 0 Å². The highest BCUT2D eigenvalue weighted by Gasteiger charge is 2.41. The molecule has 5 nitrogen and oxygen atoms in total. The van der Waals surface area contributed by atoms with E-state index in [1.54, 1.807) is 7.11 Å². The largest absolute Gasteiger partial charge is 0.496 e. The van der Waals surface area contributed by atoms with Crippen LogP contribution in [0.3, 0.4) is 0 Å². The third-order valence-electron chi connectivity index (χ3n) is 6.22. The molecule has 2 fully saturated rings. The normalized spacial score (nSPS) is 24.0. The second kappa shape index (κ2) is 8.61. The molecule has 0 saturated carbocycles. The molecule has 0 radical (unpaired) electrons. The van der Waals surface area contributed by atoms with E-state index in [1.807, 2.05) is 4.90 Å². The Bertz CT molecular complexity index is 661. The molecule has 1 aromatic carbocycles. The van der Waals surface area contributed by atoms with Gasteiger partial charge in [0.2, 0.25) is 5.91 Å². The Kier molecular flexibility index (Phi) is 6.43. The second-order valence-electron chi connectivity index (χ2n) is 8.58. The standard InChI is InChI=1S/C22H34N2O3/c1-17(2)18-5-6-20(27-3)19(13-18)14-23-10-4-8-22(15-23)9-7-21(26)24(16-22)11-12-25/h5-6,13,17,25H,4,7-12,14-16H2,1-3H3/t22-/m1/s1. The molecular formula is C22H34N2O3. The Labute approximate surface area is 163 Å². The highest BCUT2D eigenvalue weighted by atomic mass is 16.5. The lowest BCUT2D eigenvalue weighted by atomic mass is 9.73. The summed E-state index contributed by atoms with van der Waals surface area (Å²) in [5, 5.41) is 9.28. The van der Waals surface area contributed by atoms with Gasteiger partial charge in [0.05, 0.1) is 13.7 Å². The number of aliphatic hydroxyl groups excluding tert-OH is 1. The Morgan fingerprint density at radius 2 is 2.07 bits per heavy atom. The van der Waals surface area contributed by atoms with Crippen molar-refractivity contribution in [3.63, 3.8) is 0 Å². The van der Waals surface area contributed by atoms with Crippen LogP contribution in [0, 0.1) is 5.41 Å². The molecule has 1 aromatic rings. The van der Waals surface area contributed by atoms with Crippen molar-refractivity contribution in [3.05, 3.63) is 29.3 Å². The first-order chi connectivity index (χ1) is 13.0. The summed E-state index contributed by atoms with van der Waals surface area (Å²) in [5.41, 5.74) is 2.76. The molecule has 2 aliphatic heterocycles. The van der Waals surface area contributed by atoms with Crippen LogP contribution in [0.4, 0.5) is 0 Å². The molecule has 1 N–H and O–H groups in total. The first kappa shape index (κ1) is 20.2. The van der Waals surface area contributed by atoms with Crippen molar-refractivity contribution in [1.29, 1.82) is 0 Å². The summed E-state index contributed by atoms with van der Waals surface area (Å²) < 4.78 is 5.61. The van der Waals surface area contributed by atoms with Crippen LogP contribution in [-0.2, 0) is 11.3 Å². The van der Waals surface area contributed by atoms with Gasteiger partial charge in [0.15, 0.2) is 0 Å². The van der Waals surface area contributed by atoms with Gasteiger partial charge in [-0.25, -0.2) is 0 Å². The van der Waals surface area contributed by atoms with Crippen LogP contribution in [0.1, 0.15) is 56.6 Å². The molecule has 2 saturated heterocycles. The summed E-state index contributed by atoms with van der Waals surface area (Å²) >= 11 is 0. The van der Waals surface area contributed by atoms with Crippen LogP contribution >= 0.6 is 0 Å². The number of nitrogens with zero attached hydrogens (tertiary/aromatic N) is 2. The number of β-amino-alcohol motifs (C(OH)–C–C–N with tert-alkyl or cyclic N) is 1. The van der Waals surface area contributed by atoms with Crippen molar-refractivity contribution >= 4 is 5.91 Å². The number of hydrogen-bond acceptors (Lipinski definition) is 4. The fraction of sp³-hybridized carbons (Fsp3) is 0.682. The highest BCUT2D eigenvalue weighted by Crippen LogP contribution is 2.39. The second-order valence-corrected chi connectivity index (χ2v) is 8.58. The fourth-order valence-electron chi connectivity index (χ4n) is 4.73. The van der Waals surface area contributed by atoms with Crippen LogP contribution in [0.15, 0.2) is 18.2 Å². The molecule has 1 atom stereocenters. The number of benzene rings is 1. The Balaban J connectivity index is 1.73. The highest BCUT2D eigenvalue weighted by molar-refractivity contribution is 5.77. The van der Waals surface area contributed by atoms with E-state index in [-0.39, 0.29) is 17.9 Å². The SMILES string of the molecule is COc1ccc(C(C)C)cc1CN1CCC[C@@]2(CCC(=O)N(CCO)C2)C1. The summed E-state index contributed by atoms with van der Waals surface area (Å²) in [4.78, 5) is 16.5.